The molecule has 1 heterocycles. The summed E-state index contributed by atoms with van der Waals surface area (Å²) in [6.45, 7) is 0.0798. The molecule has 1 fully saturated rings. The summed E-state index contributed by atoms with van der Waals surface area (Å²) in [5, 5.41) is 17.8. The first-order valence-corrected chi connectivity index (χ1v) is 5.36. The second-order valence-electron chi connectivity index (χ2n) is 4.22. The topological polar surface area (TPSA) is 64.3 Å². The Balaban J connectivity index is 2.26. The van der Waals surface area contributed by atoms with Crippen molar-refractivity contribution in [3.8, 4) is 6.07 Å². The van der Waals surface area contributed by atoms with Crippen LogP contribution in [0, 0.1) is 23.0 Å². The van der Waals surface area contributed by atoms with E-state index in [-0.39, 0.29) is 18.9 Å². The summed E-state index contributed by atoms with van der Waals surface area (Å²) < 4.78 is 26.2. The molecule has 18 heavy (non-hydrogen) atoms. The lowest BCUT2D eigenvalue weighted by Crippen LogP contribution is -2.33. The maximum atomic E-state index is 13.1. The van der Waals surface area contributed by atoms with Gasteiger partial charge in [-0.1, -0.05) is 0 Å². The number of hydrogen-bond acceptors (Lipinski definition) is 2. The highest BCUT2D eigenvalue weighted by molar-refractivity contribution is 5.66. The van der Waals surface area contributed by atoms with Crippen molar-refractivity contribution in [3.05, 3.63) is 35.4 Å². The zero-order valence-electron chi connectivity index (χ0n) is 9.31. The number of rotatable bonds is 1. The molecule has 1 saturated heterocycles. The molecule has 0 spiro atoms. The lowest BCUT2D eigenvalue weighted by molar-refractivity contribution is 0.148. The van der Waals surface area contributed by atoms with E-state index < -0.39 is 23.8 Å². The average molecular weight is 252 g/mol. The van der Waals surface area contributed by atoms with E-state index in [2.05, 4.69) is 0 Å². The summed E-state index contributed by atoms with van der Waals surface area (Å²) in [5.74, 6) is -1.75. The predicted octanol–water partition coefficient (Wildman–Crippen LogP) is 2.32. The van der Waals surface area contributed by atoms with Gasteiger partial charge in [-0.2, -0.15) is 5.26 Å². The quantitative estimate of drug-likeness (QED) is 0.834. The van der Waals surface area contributed by atoms with E-state index in [0.29, 0.717) is 5.56 Å². The monoisotopic (exact) mass is 252 g/mol. The number of benzene rings is 1. The zero-order valence-corrected chi connectivity index (χ0v) is 9.31. The third kappa shape index (κ3) is 2.25. The van der Waals surface area contributed by atoms with Crippen LogP contribution < -0.4 is 0 Å². The number of carboxylic acid groups (broad SMARTS) is 1. The van der Waals surface area contributed by atoms with Crippen LogP contribution in [0.3, 0.4) is 0 Å². The van der Waals surface area contributed by atoms with E-state index in [1.54, 1.807) is 0 Å². The van der Waals surface area contributed by atoms with Gasteiger partial charge in [0.05, 0.1) is 6.07 Å². The molecule has 1 aliphatic heterocycles. The maximum absolute atomic E-state index is 13.1. The van der Waals surface area contributed by atoms with Gasteiger partial charge in [0.15, 0.2) is 0 Å². The van der Waals surface area contributed by atoms with E-state index in [4.69, 9.17) is 10.4 Å². The Hall–Kier alpha value is -2.16. The van der Waals surface area contributed by atoms with Crippen LogP contribution in [0.1, 0.15) is 17.9 Å². The van der Waals surface area contributed by atoms with Crippen LogP contribution in [-0.2, 0) is 0 Å². The van der Waals surface area contributed by atoms with Crippen LogP contribution >= 0.6 is 0 Å². The van der Waals surface area contributed by atoms with E-state index in [9.17, 15) is 13.6 Å². The fourth-order valence-electron chi connectivity index (χ4n) is 2.22. The van der Waals surface area contributed by atoms with Crippen molar-refractivity contribution in [2.45, 2.75) is 18.4 Å². The molecule has 0 radical (unpaired) electrons. The zero-order chi connectivity index (χ0) is 13.3. The van der Waals surface area contributed by atoms with Crippen LogP contribution in [0.15, 0.2) is 18.2 Å². The van der Waals surface area contributed by atoms with E-state index >= 15 is 0 Å². The molecule has 4 nitrogen and oxygen atoms in total. The number of nitriles is 1. The smallest absolute Gasteiger partial charge is 0.408 e. The lowest BCUT2D eigenvalue weighted by Gasteiger charge is -2.14. The molecule has 2 atom stereocenters. The third-order valence-electron chi connectivity index (χ3n) is 3.05. The molecule has 0 saturated carbocycles. The molecular formula is C12H10F2N2O2. The number of amides is 1. The van der Waals surface area contributed by atoms with Crippen LogP contribution in [0.25, 0.3) is 0 Å². The number of likely N-dealkylation sites (tertiary alicyclic amines) is 1. The third-order valence-corrected chi connectivity index (χ3v) is 3.05. The fraction of sp³-hybridized carbons (Fsp3) is 0.333. The molecule has 1 aliphatic rings. The Bertz CT molecular complexity index is 507. The SMILES string of the molecule is N#CC1C[C@H](c2cc(F)cc(F)c2)CN1C(=O)O. The average Bonchev–Trinajstić information content (AvgIpc) is 2.71. The van der Waals surface area contributed by atoms with Crippen molar-refractivity contribution in [1.82, 2.24) is 4.90 Å². The first kappa shape index (κ1) is 12.3. The highest BCUT2D eigenvalue weighted by Crippen LogP contribution is 2.32. The second kappa shape index (κ2) is 4.61. The molecule has 1 aromatic rings. The summed E-state index contributed by atoms with van der Waals surface area (Å²) in [6, 6.07) is 4.22. The van der Waals surface area contributed by atoms with Crippen LogP contribution in [-0.4, -0.2) is 28.7 Å². The van der Waals surface area contributed by atoms with Gasteiger partial charge in [0.1, 0.15) is 17.7 Å². The molecule has 1 amide bonds. The Morgan fingerprint density at radius 3 is 2.44 bits per heavy atom. The first-order valence-electron chi connectivity index (χ1n) is 5.36. The standard InChI is InChI=1S/C12H10F2N2O2/c13-9-1-7(2-10(14)4-9)8-3-11(5-15)16(6-8)12(17)18/h1-2,4,8,11H,3,6H2,(H,17,18)/t8-,11?/m0/s1. The summed E-state index contributed by atoms with van der Waals surface area (Å²) in [6.07, 6.45) is -0.938. The van der Waals surface area contributed by atoms with Crippen LogP contribution in [0.4, 0.5) is 13.6 Å². The maximum Gasteiger partial charge on any atom is 0.408 e. The summed E-state index contributed by atoms with van der Waals surface area (Å²) in [5.41, 5.74) is 0.386. The predicted molar refractivity (Wildman–Crippen MR) is 57.8 cm³/mol. The van der Waals surface area contributed by atoms with Crippen molar-refractivity contribution in [2.24, 2.45) is 0 Å². The molecule has 1 unspecified atom stereocenters. The van der Waals surface area contributed by atoms with Crippen molar-refractivity contribution >= 4 is 6.09 Å². The van der Waals surface area contributed by atoms with Gasteiger partial charge in [0.25, 0.3) is 0 Å². The Morgan fingerprint density at radius 2 is 2.00 bits per heavy atom. The number of hydrogen-bond donors (Lipinski definition) is 1. The van der Waals surface area contributed by atoms with Crippen LogP contribution in [0.5, 0.6) is 0 Å². The molecule has 0 bridgehead atoms. The minimum absolute atomic E-state index is 0.0798. The number of carbonyl (C=O) groups is 1. The van der Waals surface area contributed by atoms with Crippen molar-refractivity contribution in [2.75, 3.05) is 6.54 Å². The summed E-state index contributed by atoms with van der Waals surface area (Å²) >= 11 is 0. The van der Waals surface area contributed by atoms with Crippen molar-refractivity contribution in [3.63, 3.8) is 0 Å². The summed E-state index contributed by atoms with van der Waals surface area (Å²) in [4.78, 5) is 11.9. The molecule has 6 heteroatoms. The van der Waals surface area contributed by atoms with Crippen molar-refractivity contribution < 1.29 is 18.7 Å². The van der Waals surface area contributed by atoms with Gasteiger partial charge in [0.2, 0.25) is 0 Å². The minimum atomic E-state index is -1.19. The van der Waals surface area contributed by atoms with E-state index in [1.807, 2.05) is 6.07 Å². The van der Waals surface area contributed by atoms with Gasteiger partial charge >= 0.3 is 6.09 Å². The fourth-order valence-corrected chi connectivity index (χ4v) is 2.22. The van der Waals surface area contributed by atoms with Gasteiger partial charge in [-0.3, -0.25) is 4.90 Å². The van der Waals surface area contributed by atoms with Crippen molar-refractivity contribution in [1.29, 1.82) is 5.26 Å². The highest BCUT2D eigenvalue weighted by Gasteiger charge is 2.36. The van der Waals surface area contributed by atoms with E-state index in [0.717, 1.165) is 11.0 Å². The molecule has 0 aromatic heterocycles. The normalized spacial score (nSPS) is 22.8. The molecule has 94 valence electrons. The Kier molecular flexibility index (Phi) is 3.15. The molecule has 0 aliphatic carbocycles. The van der Waals surface area contributed by atoms with Gasteiger partial charge in [-0.25, -0.2) is 13.6 Å². The molecule has 1 aromatic carbocycles. The van der Waals surface area contributed by atoms with Gasteiger partial charge in [-0.05, 0) is 24.1 Å². The van der Waals surface area contributed by atoms with Gasteiger partial charge in [-0.15, -0.1) is 0 Å². The number of halogens is 2. The first-order chi connectivity index (χ1) is 8.51. The van der Waals surface area contributed by atoms with E-state index in [1.165, 1.54) is 12.1 Å². The van der Waals surface area contributed by atoms with Gasteiger partial charge < -0.3 is 5.11 Å². The molecule has 1 N–H and O–H groups in total. The molecular weight excluding hydrogens is 242 g/mol. The van der Waals surface area contributed by atoms with Gasteiger partial charge in [0, 0.05) is 18.5 Å². The second-order valence-corrected chi connectivity index (χ2v) is 4.22. The lowest BCUT2D eigenvalue weighted by atomic mass is 9.96. The summed E-state index contributed by atoms with van der Waals surface area (Å²) in [7, 11) is 0. The Labute approximate surface area is 102 Å². The highest BCUT2D eigenvalue weighted by atomic mass is 19.1. The minimum Gasteiger partial charge on any atom is -0.465 e. The molecule has 2 rings (SSSR count). The largest absolute Gasteiger partial charge is 0.465 e. The Morgan fingerprint density at radius 1 is 1.39 bits per heavy atom. The van der Waals surface area contributed by atoms with Crippen LogP contribution in [0.2, 0.25) is 0 Å². The number of nitrogens with zero attached hydrogens (tertiary/aromatic N) is 2.